The van der Waals surface area contributed by atoms with Crippen LogP contribution in [0.15, 0.2) is 18.2 Å². The molecule has 3 amide bonds. The fourth-order valence-corrected chi connectivity index (χ4v) is 3.17. The van der Waals surface area contributed by atoms with E-state index in [1.54, 1.807) is 4.90 Å². The van der Waals surface area contributed by atoms with Crippen LogP contribution in [0.3, 0.4) is 0 Å². The van der Waals surface area contributed by atoms with Crippen molar-refractivity contribution in [2.75, 3.05) is 26.2 Å². The van der Waals surface area contributed by atoms with Gasteiger partial charge in [0.15, 0.2) is 0 Å². The number of hydrogen-bond donors (Lipinski definition) is 2. The van der Waals surface area contributed by atoms with Crippen LogP contribution in [0.4, 0.5) is 4.79 Å². The van der Waals surface area contributed by atoms with Crippen LogP contribution in [0, 0.1) is 0 Å². The lowest BCUT2D eigenvalue weighted by atomic mass is 10.1. The molecule has 26 heavy (non-hydrogen) atoms. The van der Waals surface area contributed by atoms with E-state index in [2.05, 4.69) is 22.2 Å². The topological polar surface area (TPSA) is 81.3 Å². The third kappa shape index (κ3) is 4.15. The predicted octanol–water partition coefficient (Wildman–Crippen LogP) is 1.93. The molecule has 1 saturated heterocycles. The number of rotatable bonds is 4. The van der Waals surface area contributed by atoms with E-state index in [1.165, 1.54) is 0 Å². The van der Waals surface area contributed by atoms with E-state index in [0.717, 1.165) is 28.8 Å². The number of aromatic nitrogens is 2. The summed E-state index contributed by atoms with van der Waals surface area (Å²) >= 11 is 0. The van der Waals surface area contributed by atoms with Crippen molar-refractivity contribution in [1.29, 1.82) is 0 Å². The van der Waals surface area contributed by atoms with Crippen LogP contribution in [0.25, 0.3) is 11.0 Å². The highest BCUT2D eigenvalue weighted by Gasteiger charge is 2.24. The third-order valence-corrected chi connectivity index (χ3v) is 4.62. The van der Waals surface area contributed by atoms with Gasteiger partial charge in [0.2, 0.25) is 5.91 Å². The summed E-state index contributed by atoms with van der Waals surface area (Å²) in [6.45, 7) is 8.25. The molecular weight excluding hydrogens is 330 g/mol. The third-order valence-electron chi connectivity index (χ3n) is 4.62. The first kappa shape index (κ1) is 18.2. The van der Waals surface area contributed by atoms with Gasteiger partial charge in [0.25, 0.3) is 0 Å². The van der Waals surface area contributed by atoms with Gasteiger partial charge in [-0.1, -0.05) is 13.0 Å². The Labute approximate surface area is 153 Å². The lowest BCUT2D eigenvalue weighted by Crippen LogP contribution is -2.54. The van der Waals surface area contributed by atoms with Crippen molar-refractivity contribution in [3.8, 4) is 0 Å². The zero-order chi connectivity index (χ0) is 18.7. The molecular formula is C19H27N5O2. The van der Waals surface area contributed by atoms with Crippen molar-refractivity contribution in [3.05, 3.63) is 29.6 Å². The summed E-state index contributed by atoms with van der Waals surface area (Å²) in [6, 6.07) is 6.00. The number of piperazine rings is 1. The molecule has 3 rings (SSSR count). The van der Waals surface area contributed by atoms with Gasteiger partial charge in [-0.15, -0.1) is 0 Å². The van der Waals surface area contributed by atoms with Crippen LogP contribution in [0.5, 0.6) is 0 Å². The maximum Gasteiger partial charge on any atom is 0.317 e. The Balaban J connectivity index is 1.56. The van der Waals surface area contributed by atoms with Crippen molar-refractivity contribution >= 4 is 23.0 Å². The van der Waals surface area contributed by atoms with E-state index in [4.69, 9.17) is 0 Å². The summed E-state index contributed by atoms with van der Waals surface area (Å²) in [7, 11) is 0. The molecule has 0 bridgehead atoms. The smallest absolute Gasteiger partial charge is 0.317 e. The molecule has 1 fully saturated rings. The number of nitrogens with zero attached hydrogens (tertiary/aromatic N) is 3. The molecule has 1 aromatic heterocycles. The Morgan fingerprint density at radius 1 is 1.19 bits per heavy atom. The normalized spacial score (nSPS) is 14.9. The Bertz CT molecular complexity index is 790. The number of H-pyrrole nitrogens is 1. The molecule has 2 N–H and O–H groups in total. The van der Waals surface area contributed by atoms with Gasteiger partial charge in [-0.25, -0.2) is 9.78 Å². The van der Waals surface area contributed by atoms with Crippen LogP contribution < -0.4 is 5.32 Å². The monoisotopic (exact) mass is 357 g/mol. The van der Waals surface area contributed by atoms with Crippen molar-refractivity contribution < 1.29 is 9.59 Å². The minimum absolute atomic E-state index is 0.0523. The maximum absolute atomic E-state index is 12.6. The van der Waals surface area contributed by atoms with Gasteiger partial charge in [0, 0.05) is 38.6 Å². The Morgan fingerprint density at radius 2 is 1.88 bits per heavy atom. The lowest BCUT2D eigenvalue weighted by molar-refractivity contribution is -0.131. The first-order valence-corrected chi connectivity index (χ1v) is 9.27. The Morgan fingerprint density at radius 3 is 2.54 bits per heavy atom. The maximum atomic E-state index is 12.6. The summed E-state index contributed by atoms with van der Waals surface area (Å²) in [5.41, 5.74) is 2.89. The van der Waals surface area contributed by atoms with E-state index in [0.29, 0.717) is 32.6 Å². The van der Waals surface area contributed by atoms with E-state index in [-0.39, 0.29) is 18.0 Å². The molecule has 7 nitrogen and oxygen atoms in total. The van der Waals surface area contributed by atoms with E-state index < -0.39 is 0 Å². The molecule has 0 saturated carbocycles. The SMILES string of the molecule is CCc1nc2ccc(CC(=O)N3CCN(C(=O)NC(C)C)CC3)cc2[nH]1. The lowest BCUT2D eigenvalue weighted by Gasteiger charge is -2.35. The molecule has 7 heteroatoms. The fraction of sp³-hybridized carbons (Fsp3) is 0.526. The molecule has 2 aromatic rings. The number of amides is 3. The van der Waals surface area contributed by atoms with Crippen LogP contribution in [-0.4, -0.2) is 63.9 Å². The summed E-state index contributed by atoms with van der Waals surface area (Å²) in [6.07, 6.45) is 1.23. The summed E-state index contributed by atoms with van der Waals surface area (Å²) in [4.78, 5) is 36.0. The first-order chi connectivity index (χ1) is 12.5. The number of hydrogen-bond acceptors (Lipinski definition) is 3. The standard InChI is InChI=1S/C19H27N5O2/c1-4-17-21-15-6-5-14(11-16(15)22-17)12-18(25)23-7-9-24(10-8-23)19(26)20-13(2)3/h5-6,11,13H,4,7-10,12H2,1-3H3,(H,20,26)(H,21,22). The molecule has 0 radical (unpaired) electrons. The zero-order valence-electron chi connectivity index (χ0n) is 15.7. The average Bonchev–Trinajstić information content (AvgIpc) is 3.03. The van der Waals surface area contributed by atoms with Gasteiger partial charge in [-0.05, 0) is 31.5 Å². The number of imidazole rings is 1. The van der Waals surface area contributed by atoms with Gasteiger partial charge < -0.3 is 20.1 Å². The molecule has 0 aliphatic carbocycles. The number of fused-ring (bicyclic) bond motifs is 1. The summed E-state index contributed by atoms with van der Waals surface area (Å²) in [5, 5.41) is 2.89. The second kappa shape index (κ2) is 7.76. The Hall–Kier alpha value is -2.57. The summed E-state index contributed by atoms with van der Waals surface area (Å²) in [5.74, 6) is 1.06. The highest BCUT2D eigenvalue weighted by molar-refractivity contribution is 5.82. The zero-order valence-corrected chi connectivity index (χ0v) is 15.7. The first-order valence-electron chi connectivity index (χ1n) is 9.27. The predicted molar refractivity (Wildman–Crippen MR) is 101 cm³/mol. The second-order valence-corrected chi connectivity index (χ2v) is 7.04. The minimum atomic E-state index is -0.0523. The van der Waals surface area contributed by atoms with Crippen LogP contribution in [0.2, 0.25) is 0 Å². The van der Waals surface area contributed by atoms with Crippen molar-refractivity contribution in [2.24, 2.45) is 0 Å². The number of nitrogens with one attached hydrogen (secondary N) is 2. The van der Waals surface area contributed by atoms with Gasteiger partial charge in [0.05, 0.1) is 17.5 Å². The van der Waals surface area contributed by atoms with E-state index in [9.17, 15) is 9.59 Å². The molecule has 0 unspecified atom stereocenters. The Kier molecular flexibility index (Phi) is 5.44. The minimum Gasteiger partial charge on any atom is -0.342 e. The molecule has 0 spiro atoms. The molecule has 2 heterocycles. The highest BCUT2D eigenvalue weighted by Crippen LogP contribution is 2.15. The van der Waals surface area contributed by atoms with Crippen molar-refractivity contribution in [3.63, 3.8) is 0 Å². The molecule has 1 aliphatic rings. The van der Waals surface area contributed by atoms with Crippen LogP contribution in [-0.2, 0) is 17.6 Å². The highest BCUT2D eigenvalue weighted by atomic mass is 16.2. The van der Waals surface area contributed by atoms with Gasteiger partial charge in [-0.2, -0.15) is 0 Å². The van der Waals surface area contributed by atoms with Crippen LogP contribution in [0.1, 0.15) is 32.2 Å². The number of carbonyl (C=O) groups excluding carboxylic acids is 2. The van der Waals surface area contributed by atoms with Crippen molar-refractivity contribution in [2.45, 2.75) is 39.7 Å². The van der Waals surface area contributed by atoms with Gasteiger partial charge >= 0.3 is 6.03 Å². The number of aryl methyl sites for hydroxylation is 1. The van der Waals surface area contributed by atoms with Gasteiger partial charge in [0.1, 0.15) is 5.82 Å². The quantitative estimate of drug-likeness (QED) is 0.877. The number of urea groups is 1. The molecule has 0 atom stereocenters. The molecule has 140 valence electrons. The fourth-order valence-electron chi connectivity index (χ4n) is 3.17. The van der Waals surface area contributed by atoms with Crippen molar-refractivity contribution in [1.82, 2.24) is 25.1 Å². The molecule has 1 aromatic carbocycles. The van der Waals surface area contributed by atoms with Crippen LogP contribution >= 0.6 is 0 Å². The average molecular weight is 357 g/mol. The number of carbonyl (C=O) groups is 2. The van der Waals surface area contributed by atoms with E-state index in [1.807, 2.05) is 36.9 Å². The summed E-state index contributed by atoms with van der Waals surface area (Å²) < 4.78 is 0. The number of benzene rings is 1. The number of aromatic amines is 1. The molecule has 1 aliphatic heterocycles. The largest absolute Gasteiger partial charge is 0.342 e. The second-order valence-electron chi connectivity index (χ2n) is 7.04. The van der Waals surface area contributed by atoms with E-state index >= 15 is 0 Å². The van der Waals surface area contributed by atoms with Gasteiger partial charge in [-0.3, -0.25) is 4.79 Å².